The molecule has 0 saturated carbocycles. The molecule has 1 aliphatic heterocycles. The van der Waals surface area contributed by atoms with E-state index < -0.39 is 29.7 Å². The summed E-state index contributed by atoms with van der Waals surface area (Å²) >= 11 is 0. The maximum Gasteiger partial charge on any atom is 0.411 e. The van der Waals surface area contributed by atoms with Crippen LogP contribution in [-0.2, 0) is 19.1 Å². The summed E-state index contributed by atoms with van der Waals surface area (Å²) in [6.07, 6.45) is 0.414. The molecule has 6 heteroatoms. The fraction of sp³-hybridized carbons (Fsp3) is 0.769. The number of likely N-dealkylation sites (tertiary alicyclic amines) is 1. The van der Waals surface area contributed by atoms with Gasteiger partial charge < -0.3 is 14.3 Å². The number of hydrogen-bond donors (Lipinski definition) is 0. The molecule has 1 heterocycles. The van der Waals surface area contributed by atoms with Crippen LogP contribution in [0.15, 0.2) is 0 Å². The molecule has 0 aromatic rings. The molecule has 6 nitrogen and oxygen atoms in total. The SMILES string of the molecule is COC(=O)[C@@H]1C[C@@H](C)[C@@H](C=O)N1C(=O)OC(C)(C)C. The molecule has 1 aliphatic rings. The fourth-order valence-electron chi connectivity index (χ4n) is 2.20. The van der Waals surface area contributed by atoms with Gasteiger partial charge in [-0.05, 0) is 33.1 Å². The molecule has 0 radical (unpaired) electrons. The third-order valence-electron chi connectivity index (χ3n) is 3.05. The predicted octanol–water partition coefficient (Wildman–Crippen LogP) is 1.37. The second kappa shape index (κ2) is 5.59. The van der Waals surface area contributed by atoms with Crippen LogP contribution in [0.25, 0.3) is 0 Å². The number of carbonyl (C=O) groups is 3. The lowest BCUT2D eigenvalue weighted by Gasteiger charge is -2.29. The maximum absolute atomic E-state index is 12.1. The van der Waals surface area contributed by atoms with Gasteiger partial charge in [0.25, 0.3) is 0 Å². The van der Waals surface area contributed by atoms with Crippen LogP contribution in [-0.4, -0.2) is 48.0 Å². The van der Waals surface area contributed by atoms with Gasteiger partial charge in [0.15, 0.2) is 0 Å². The number of rotatable bonds is 2. The highest BCUT2D eigenvalue weighted by atomic mass is 16.6. The van der Waals surface area contributed by atoms with Crippen molar-refractivity contribution in [3.05, 3.63) is 0 Å². The van der Waals surface area contributed by atoms with E-state index in [1.807, 2.05) is 6.92 Å². The van der Waals surface area contributed by atoms with E-state index in [-0.39, 0.29) is 5.92 Å². The van der Waals surface area contributed by atoms with Crippen molar-refractivity contribution in [2.24, 2.45) is 5.92 Å². The summed E-state index contributed by atoms with van der Waals surface area (Å²) < 4.78 is 9.93. The van der Waals surface area contributed by atoms with Gasteiger partial charge in [-0.3, -0.25) is 4.90 Å². The van der Waals surface area contributed by atoms with E-state index in [9.17, 15) is 14.4 Å². The molecule has 3 atom stereocenters. The molecule has 0 aliphatic carbocycles. The first-order valence-corrected chi connectivity index (χ1v) is 6.25. The summed E-state index contributed by atoms with van der Waals surface area (Å²) in [7, 11) is 1.26. The summed E-state index contributed by atoms with van der Waals surface area (Å²) in [4.78, 5) is 36.2. The van der Waals surface area contributed by atoms with Gasteiger partial charge in [-0.15, -0.1) is 0 Å². The largest absolute Gasteiger partial charge is 0.467 e. The molecule has 0 aromatic heterocycles. The van der Waals surface area contributed by atoms with E-state index in [1.165, 1.54) is 12.0 Å². The molecule has 108 valence electrons. The smallest absolute Gasteiger partial charge is 0.411 e. The van der Waals surface area contributed by atoms with Crippen molar-refractivity contribution in [2.75, 3.05) is 7.11 Å². The Hall–Kier alpha value is -1.59. The Bertz CT molecular complexity index is 374. The first-order chi connectivity index (χ1) is 8.71. The van der Waals surface area contributed by atoms with Crippen molar-refractivity contribution in [3.63, 3.8) is 0 Å². The van der Waals surface area contributed by atoms with E-state index in [1.54, 1.807) is 20.8 Å². The highest BCUT2D eigenvalue weighted by Crippen LogP contribution is 2.31. The summed E-state index contributed by atoms with van der Waals surface area (Å²) in [5.74, 6) is -0.629. The van der Waals surface area contributed by atoms with Crippen molar-refractivity contribution in [3.8, 4) is 0 Å². The molecular weight excluding hydrogens is 250 g/mol. The van der Waals surface area contributed by atoms with Gasteiger partial charge in [0.05, 0.1) is 13.2 Å². The van der Waals surface area contributed by atoms with Gasteiger partial charge in [-0.2, -0.15) is 0 Å². The minimum absolute atomic E-state index is 0.103. The van der Waals surface area contributed by atoms with Gasteiger partial charge in [0.1, 0.15) is 17.9 Å². The summed E-state index contributed by atoms with van der Waals surface area (Å²) in [5, 5.41) is 0. The number of ether oxygens (including phenoxy) is 2. The van der Waals surface area contributed by atoms with Crippen LogP contribution in [0, 0.1) is 5.92 Å². The molecular formula is C13H21NO5. The van der Waals surface area contributed by atoms with Crippen molar-refractivity contribution in [1.82, 2.24) is 4.90 Å². The third-order valence-corrected chi connectivity index (χ3v) is 3.05. The van der Waals surface area contributed by atoms with Crippen LogP contribution in [0.1, 0.15) is 34.1 Å². The normalized spacial score (nSPS) is 27.0. The third kappa shape index (κ3) is 3.45. The van der Waals surface area contributed by atoms with E-state index >= 15 is 0 Å². The van der Waals surface area contributed by atoms with Crippen molar-refractivity contribution >= 4 is 18.3 Å². The molecule has 1 rings (SSSR count). The quantitative estimate of drug-likeness (QED) is 0.560. The lowest BCUT2D eigenvalue weighted by Crippen LogP contribution is -2.48. The van der Waals surface area contributed by atoms with Crippen molar-refractivity contribution in [2.45, 2.75) is 51.8 Å². The van der Waals surface area contributed by atoms with Gasteiger partial charge in [-0.25, -0.2) is 9.59 Å². The number of methoxy groups -OCH3 is 1. The van der Waals surface area contributed by atoms with Crippen LogP contribution < -0.4 is 0 Å². The number of amides is 1. The topological polar surface area (TPSA) is 72.9 Å². The Labute approximate surface area is 113 Å². The molecule has 1 fully saturated rings. The van der Waals surface area contributed by atoms with Gasteiger partial charge in [0.2, 0.25) is 0 Å². The molecule has 0 bridgehead atoms. The molecule has 0 aromatic carbocycles. The summed E-state index contributed by atoms with van der Waals surface area (Å²) in [6, 6.07) is -1.41. The minimum Gasteiger partial charge on any atom is -0.467 e. The Kier molecular flexibility index (Phi) is 4.55. The maximum atomic E-state index is 12.1. The van der Waals surface area contributed by atoms with Crippen LogP contribution in [0.4, 0.5) is 4.79 Å². The average molecular weight is 271 g/mol. The number of hydrogen-bond acceptors (Lipinski definition) is 5. The zero-order valence-corrected chi connectivity index (χ0v) is 12.0. The second-order valence-corrected chi connectivity index (χ2v) is 5.77. The molecule has 0 N–H and O–H groups in total. The highest BCUT2D eigenvalue weighted by Gasteiger charge is 2.47. The fourth-order valence-corrected chi connectivity index (χ4v) is 2.20. The number of esters is 1. The summed E-state index contributed by atoms with van der Waals surface area (Å²) in [6.45, 7) is 7.01. The minimum atomic E-state index is -0.759. The molecule has 19 heavy (non-hydrogen) atoms. The monoisotopic (exact) mass is 271 g/mol. The first-order valence-electron chi connectivity index (χ1n) is 6.25. The number of nitrogens with zero attached hydrogens (tertiary/aromatic N) is 1. The summed E-state index contributed by atoms with van der Waals surface area (Å²) in [5.41, 5.74) is -0.684. The van der Waals surface area contributed by atoms with Crippen molar-refractivity contribution < 1.29 is 23.9 Å². The van der Waals surface area contributed by atoms with E-state index in [2.05, 4.69) is 4.74 Å². The van der Waals surface area contributed by atoms with Gasteiger partial charge >= 0.3 is 12.1 Å². The molecule has 0 unspecified atom stereocenters. The Balaban J connectivity index is 2.98. The molecule has 1 saturated heterocycles. The van der Waals surface area contributed by atoms with Crippen LogP contribution in [0.2, 0.25) is 0 Å². The Morgan fingerprint density at radius 3 is 2.32 bits per heavy atom. The Morgan fingerprint density at radius 2 is 1.89 bits per heavy atom. The van der Waals surface area contributed by atoms with Gasteiger partial charge in [-0.1, -0.05) is 6.92 Å². The molecule has 1 amide bonds. The zero-order chi connectivity index (χ0) is 14.8. The van der Waals surface area contributed by atoms with Crippen LogP contribution in [0.5, 0.6) is 0 Å². The average Bonchev–Trinajstić information content (AvgIpc) is 2.62. The second-order valence-electron chi connectivity index (χ2n) is 5.77. The zero-order valence-electron chi connectivity index (χ0n) is 12.0. The van der Waals surface area contributed by atoms with E-state index in [0.29, 0.717) is 12.7 Å². The van der Waals surface area contributed by atoms with E-state index in [4.69, 9.17) is 4.74 Å². The highest BCUT2D eigenvalue weighted by molar-refractivity contribution is 5.85. The van der Waals surface area contributed by atoms with Crippen molar-refractivity contribution in [1.29, 1.82) is 0 Å². The van der Waals surface area contributed by atoms with Crippen LogP contribution in [0.3, 0.4) is 0 Å². The number of carbonyl (C=O) groups excluding carboxylic acids is 3. The van der Waals surface area contributed by atoms with Crippen LogP contribution >= 0.6 is 0 Å². The lowest BCUT2D eigenvalue weighted by molar-refractivity contribution is -0.146. The lowest BCUT2D eigenvalue weighted by atomic mass is 10.0. The predicted molar refractivity (Wildman–Crippen MR) is 67.5 cm³/mol. The Morgan fingerprint density at radius 1 is 1.32 bits per heavy atom. The molecule has 0 spiro atoms. The van der Waals surface area contributed by atoms with E-state index in [0.717, 1.165) is 0 Å². The number of aldehydes is 1. The van der Waals surface area contributed by atoms with Gasteiger partial charge in [0, 0.05) is 0 Å². The first kappa shape index (κ1) is 15.5. The standard InChI is InChI=1S/C13H21NO5/c1-8-6-9(11(16)18-5)14(10(8)7-15)12(17)19-13(2,3)4/h7-10H,6H2,1-5H3/t8-,9+,10-/m1/s1.